The van der Waals surface area contributed by atoms with Gasteiger partial charge in [0.1, 0.15) is 5.75 Å². The van der Waals surface area contributed by atoms with E-state index in [2.05, 4.69) is 9.73 Å². The third-order valence-corrected chi connectivity index (χ3v) is 3.92. The summed E-state index contributed by atoms with van der Waals surface area (Å²) in [7, 11) is 2.88. The first-order valence-electron chi connectivity index (χ1n) is 8.47. The summed E-state index contributed by atoms with van der Waals surface area (Å²) in [5.74, 6) is 0.0330. The predicted molar refractivity (Wildman–Crippen MR) is 102 cm³/mol. The Morgan fingerprint density at radius 1 is 1.03 bits per heavy atom. The Balaban J connectivity index is 1.82. The van der Waals surface area contributed by atoms with Gasteiger partial charge >= 0.3 is 12.6 Å². The Hall–Kier alpha value is -3.68. The van der Waals surface area contributed by atoms with E-state index in [0.717, 1.165) is 5.56 Å². The fourth-order valence-electron chi connectivity index (χ4n) is 2.59. The molecule has 0 saturated carbocycles. The highest BCUT2D eigenvalue weighted by Gasteiger charge is 2.24. The van der Waals surface area contributed by atoms with Crippen molar-refractivity contribution in [1.29, 1.82) is 0 Å². The molecule has 0 radical (unpaired) electrons. The number of allylic oxidation sites excluding steroid dienone is 2. The van der Waals surface area contributed by atoms with Crippen LogP contribution in [-0.2, 0) is 9.53 Å². The molecule has 6 nitrogen and oxygen atoms in total. The monoisotopic (exact) mass is 401 g/mol. The second kappa shape index (κ2) is 9.01. The summed E-state index contributed by atoms with van der Waals surface area (Å²) in [5, 5.41) is 0. The highest BCUT2D eigenvalue weighted by atomic mass is 19.3. The largest absolute Gasteiger partial charge is 0.496 e. The lowest BCUT2D eigenvalue weighted by atomic mass is 10.2. The molecular formula is C21H17F2NO5. The molecule has 0 fully saturated rings. The maximum atomic E-state index is 12.4. The van der Waals surface area contributed by atoms with E-state index in [1.165, 1.54) is 31.4 Å². The van der Waals surface area contributed by atoms with Crippen LogP contribution in [0.4, 0.5) is 8.78 Å². The molecular weight excluding hydrogens is 384 g/mol. The van der Waals surface area contributed by atoms with Gasteiger partial charge in [0.05, 0.1) is 14.2 Å². The third kappa shape index (κ3) is 4.78. The highest BCUT2D eigenvalue weighted by Crippen LogP contribution is 2.31. The maximum absolute atomic E-state index is 12.4. The summed E-state index contributed by atoms with van der Waals surface area (Å²) in [6, 6.07) is 11.5. The van der Waals surface area contributed by atoms with Crippen molar-refractivity contribution < 1.29 is 32.5 Å². The van der Waals surface area contributed by atoms with Crippen molar-refractivity contribution in [2.24, 2.45) is 4.99 Å². The Morgan fingerprint density at radius 2 is 1.79 bits per heavy atom. The first kappa shape index (κ1) is 20.1. The smallest absolute Gasteiger partial charge is 0.387 e. The predicted octanol–water partition coefficient (Wildman–Crippen LogP) is 4.21. The lowest BCUT2D eigenvalue weighted by molar-refractivity contribution is -0.130. The molecule has 1 heterocycles. The Bertz CT molecular complexity index is 998. The Kier molecular flexibility index (Phi) is 6.23. The van der Waals surface area contributed by atoms with Crippen molar-refractivity contribution in [2.45, 2.75) is 6.61 Å². The molecule has 0 N–H and O–H groups in total. The number of ether oxygens (including phenoxy) is 4. The van der Waals surface area contributed by atoms with Crippen LogP contribution in [0.25, 0.3) is 6.08 Å². The number of rotatable bonds is 7. The van der Waals surface area contributed by atoms with Gasteiger partial charge in [-0.05, 0) is 30.3 Å². The molecule has 0 spiro atoms. The van der Waals surface area contributed by atoms with Crippen LogP contribution in [0.1, 0.15) is 11.1 Å². The molecule has 150 valence electrons. The lowest BCUT2D eigenvalue weighted by Gasteiger charge is -2.10. The number of cyclic esters (lactones) is 1. The van der Waals surface area contributed by atoms with Gasteiger partial charge in [0, 0.05) is 11.1 Å². The van der Waals surface area contributed by atoms with Crippen LogP contribution < -0.4 is 14.2 Å². The number of carbonyl (C=O) groups is 1. The number of para-hydroxylation sites is 1. The van der Waals surface area contributed by atoms with Crippen LogP contribution >= 0.6 is 0 Å². The molecule has 0 unspecified atom stereocenters. The molecule has 0 aromatic heterocycles. The number of alkyl halides is 2. The summed E-state index contributed by atoms with van der Waals surface area (Å²) >= 11 is 0. The van der Waals surface area contributed by atoms with Crippen LogP contribution in [0.5, 0.6) is 17.2 Å². The first-order chi connectivity index (χ1) is 14.0. The molecule has 1 aliphatic heterocycles. The van der Waals surface area contributed by atoms with Crippen molar-refractivity contribution in [2.75, 3.05) is 14.2 Å². The molecule has 0 amide bonds. The van der Waals surface area contributed by atoms with Crippen molar-refractivity contribution in [3.05, 3.63) is 71.4 Å². The van der Waals surface area contributed by atoms with E-state index < -0.39 is 12.6 Å². The number of hydrogen-bond acceptors (Lipinski definition) is 6. The van der Waals surface area contributed by atoms with Crippen molar-refractivity contribution in [3.63, 3.8) is 0 Å². The number of benzene rings is 2. The number of aliphatic imine (C=N–C) groups is 1. The van der Waals surface area contributed by atoms with E-state index in [1.54, 1.807) is 19.3 Å². The van der Waals surface area contributed by atoms with Gasteiger partial charge in [-0.1, -0.05) is 30.4 Å². The Morgan fingerprint density at radius 3 is 2.52 bits per heavy atom. The third-order valence-electron chi connectivity index (χ3n) is 3.92. The van der Waals surface area contributed by atoms with E-state index in [4.69, 9.17) is 14.2 Å². The lowest BCUT2D eigenvalue weighted by Crippen LogP contribution is -2.07. The van der Waals surface area contributed by atoms with Gasteiger partial charge in [0.2, 0.25) is 5.90 Å². The summed E-state index contributed by atoms with van der Waals surface area (Å²) in [6.07, 6.45) is 4.93. The topological polar surface area (TPSA) is 66.3 Å². The van der Waals surface area contributed by atoms with Crippen LogP contribution in [0, 0.1) is 0 Å². The number of nitrogens with zero attached hydrogens (tertiary/aromatic N) is 1. The summed E-state index contributed by atoms with van der Waals surface area (Å²) < 4.78 is 44.7. The van der Waals surface area contributed by atoms with Gasteiger partial charge in [0.25, 0.3) is 0 Å². The molecule has 2 aromatic rings. The average Bonchev–Trinajstić information content (AvgIpc) is 3.09. The Labute approximate surface area is 165 Å². The SMILES string of the molecule is COc1ccccc1C=CC=C1N=C(c2ccc(OC(F)F)c(OC)c2)OC1=O. The quantitative estimate of drug-likeness (QED) is 0.514. The average molecular weight is 401 g/mol. The molecule has 3 rings (SSSR count). The zero-order chi connectivity index (χ0) is 20.8. The summed E-state index contributed by atoms with van der Waals surface area (Å²) in [5.41, 5.74) is 1.31. The van der Waals surface area contributed by atoms with E-state index in [-0.39, 0.29) is 23.1 Å². The zero-order valence-corrected chi connectivity index (χ0v) is 15.6. The standard InChI is InChI=1S/C21H17F2NO5/c1-26-16-9-4-3-6-13(16)7-5-8-15-20(25)29-19(24-15)14-10-11-17(28-21(22)23)18(12-14)27-2/h3-12,21H,1-2H3. The number of halogens is 2. The van der Waals surface area contributed by atoms with E-state index in [1.807, 2.05) is 24.3 Å². The van der Waals surface area contributed by atoms with Gasteiger partial charge in [-0.3, -0.25) is 0 Å². The summed E-state index contributed by atoms with van der Waals surface area (Å²) in [4.78, 5) is 16.2. The van der Waals surface area contributed by atoms with Crippen molar-refractivity contribution in [3.8, 4) is 17.2 Å². The fourth-order valence-corrected chi connectivity index (χ4v) is 2.59. The van der Waals surface area contributed by atoms with Crippen LogP contribution in [0.15, 0.2) is 65.3 Å². The minimum atomic E-state index is -2.99. The number of carbonyl (C=O) groups excluding carboxylic acids is 1. The number of esters is 1. The molecule has 2 aromatic carbocycles. The minimum absolute atomic E-state index is 0.0360. The molecule has 0 atom stereocenters. The van der Waals surface area contributed by atoms with Gasteiger partial charge < -0.3 is 18.9 Å². The summed E-state index contributed by atoms with van der Waals surface area (Å²) in [6.45, 7) is -2.99. The van der Waals surface area contributed by atoms with Gasteiger partial charge in [-0.25, -0.2) is 9.79 Å². The fraction of sp³-hybridized carbons (Fsp3) is 0.143. The second-order valence-corrected chi connectivity index (χ2v) is 5.70. The molecule has 0 bridgehead atoms. The van der Waals surface area contributed by atoms with Crippen LogP contribution in [-0.4, -0.2) is 32.7 Å². The molecule has 0 saturated heterocycles. The first-order valence-corrected chi connectivity index (χ1v) is 8.47. The van der Waals surface area contributed by atoms with Gasteiger partial charge in [-0.2, -0.15) is 8.78 Å². The normalized spacial score (nSPS) is 15.0. The van der Waals surface area contributed by atoms with E-state index >= 15 is 0 Å². The molecule has 0 aliphatic carbocycles. The number of hydrogen-bond donors (Lipinski definition) is 0. The van der Waals surface area contributed by atoms with Gasteiger partial charge in [-0.15, -0.1) is 0 Å². The van der Waals surface area contributed by atoms with E-state index in [9.17, 15) is 13.6 Å². The van der Waals surface area contributed by atoms with Crippen molar-refractivity contribution in [1.82, 2.24) is 0 Å². The second-order valence-electron chi connectivity index (χ2n) is 5.70. The van der Waals surface area contributed by atoms with Crippen LogP contribution in [0.3, 0.4) is 0 Å². The maximum Gasteiger partial charge on any atom is 0.387 e. The molecule has 1 aliphatic rings. The molecule has 29 heavy (non-hydrogen) atoms. The highest BCUT2D eigenvalue weighted by molar-refractivity contribution is 6.11. The van der Waals surface area contributed by atoms with Crippen molar-refractivity contribution >= 4 is 17.9 Å². The minimum Gasteiger partial charge on any atom is -0.496 e. The van der Waals surface area contributed by atoms with E-state index in [0.29, 0.717) is 11.3 Å². The van der Waals surface area contributed by atoms with Gasteiger partial charge in [0.15, 0.2) is 17.2 Å². The number of methoxy groups -OCH3 is 2. The zero-order valence-electron chi connectivity index (χ0n) is 15.6. The van der Waals surface area contributed by atoms with Crippen LogP contribution in [0.2, 0.25) is 0 Å². The molecule has 8 heteroatoms.